The Labute approximate surface area is 116 Å². The van der Waals surface area contributed by atoms with E-state index < -0.39 is 0 Å². The zero-order valence-electron chi connectivity index (χ0n) is 11.3. The normalized spacial score (nSPS) is 18.6. The fraction of sp³-hybridized carbons (Fsp3) is 0.533. The quantitative estimate of drug-likeness (QED) is 0.861. The highest BCUT2D eigenvalue weighted by molar-refractivity contribution is 5.83. The van der Waals surface area contributed by atoms with Crippen LogP contribution in [0.2, 0.25) is 0 Å². The molecular weight excluding hydrogens is 252 g/mol. The number of rotatable bonds is 1. The van der Waals surface area contributed by atoms with E-state index in [0.717, 1.165) is 56.6 Å². The molecule has 2 aliphatic rings. The van der Waals surface area contributed by atoms with Gasteiger partial charge in [-0.15, -0.1) is 0 Å². The SMILES string of the molecule is N#Cc1c2n(c3c(=O)[nH]c(C4CC4)nc13)CCCCC2. The molecule has 0 atom stereocenters. The Morgan fingerprint density at radius 2 is 2.15 bits per heavy atom. The number of aromatic nitrogens is 3. The second-order valence-corrected chi connectivity index (χ2v) is 5.82. The number of aryl methyl sites for hydroxylation is 1. The van der Waals surface area contributed by atoms with Gasteiger partial charge in [0.15, 0.2) is 0 Å². The average molecular weight is 268 g/mol. The molecule has 0 saturated heterocycles. The second kappa shape index (κ2) is 4.20. The molecule has 102 valence electrons. The van der Waals surface area contributed by atoms with E-state index >= 15 is 0 Å². The molecule has 0 bridgehead atoms. The molecule has 0 unspecified atom stereocenters. The fourth-order valence-electron chi connectivity index (χ4n) is 3.23. The van der Waals surface area contributed by atoms with Gasteiger partial charge in [-0.2, -0.15) is 5.26 Å². The first kappa shape index (κ1) is 11.7. The van der Waals surface area contributed by atoms with Crippen LogP contribution >= 0.6 is 0 Å². The summed E-state index contributed by atoms with van der Waals surface area (Å²) >= 11 is 0. The monoisotopic (exact) mass is 268 g/mol. The lowest BCUT2D eigenvalue weighted by Gasteiger charge is -2.05. The predicted octanol–water partition coefficient (Wildman–Crippen LogP) is 2.20. The van der Waals surface area contributed by atoms with Gasteiger partial charge in [0, 0.05) is 18.2 Å². The van der Waals surface area contributed by atoms with Crippen molar-refractivity contribution >= 4 is 11.0 Å². The molecule has 1 fully saturated rings. The van der Waals surface area contributed by atoms with Gasteiger partial charge in [0.2, 0.25) is 0 Å². The summed E-state index contributed by atoms with van der Waals surface area (Å²) < 4.78 is 2.03. The number of hydrogen-bond acceptors (Lipinski definition) is 3. The van der Waals surface area contributed by atoms with Gasteiger partial charge in [-0.05, 0) is 32.1 Å². The van der Waals surface area contributed by atoms with Crippen molar-refractivity contribution in [1.29, 1.82) is 5.26 Å². The van der Waals surface area contributed by atoms with Gasteiger partial charge in [-0.25, -0.2) is 4.98 Å². The molecule has 3 heterocycles. The van der Waals surface area contributed by atoms with E-state index in [-0.39, 0.29) is 5.56 Å². The van der Waals surface area contributed by atoms with Gasteiger partial charge in [0.25, 0.3) is 5.56 Å². The van der Waals surface area contributed by atoms with Crippen molar-refractivity contribution in [2.45, 2.75) is 51.0 Å². The van der Waals surface area contributed by atoms with Crippen LogP contribution < -0.4 is 5.56 Å². The number of aromatic amines is 1. The molecule has 2 aromatic rings. The Morgan fingerprint density at radius 1 is 1.30 bits per heavy atom. The smallest absolute Gasteiger partial charge is 0.275 e. The number of hydrogen-bond donors (Lipinski definition) is 1. The number of H-pyrrole nitrogens is 1. The highest BCUT2D eigenvalue weighted by Gasteiger charge is 2.29. The Balaban J connectivity index is 2.06. The van der Waals surface area contributed by atoms with Crippen LogP contribution in [0.1, 0.15) is 55.1 Å². The minimum Gasteiger partial charge on any atom is -0.337 e. The summed E-state index contributed by atoms with van der Waals surface area (Å²) in [6.07, 6.45) is 6.34. The largest absolute Gasteiger partial charge is 0.337 e. The fourth-order valence-corrected chi connectivity index (χ4v) is 3.23. The zero-order valence-corrected chi connectivity index (χ0v) is 11.3. The highest BCUT2D eigenvalue weighted by Crippen LogP contribution is 2.38. The van der Waals surface area contributed by atoms with Crippen molar-refractivity contribution < 1.29 is 0 Å². The summed E-state index contributed by atoms with van der Waals surface area (Å²) in [5.74, 6) is 1.15. The molecule has 1 aliphatic heterocycles. The molecule has 1 aliphatic carbocycles. The van der Waals surface area contributed by atoms with Gasteiger partial charge in [0.1, 0.15) is 22.9 Å². The molecule has 0 amide bonds. The maximum Gasteiger partial charge on any atom is 0.275 e. The Bertz CT molecular complexity index is 789. The number of nitriles is 1. The van der Waals surface area contributed by atoms with Crippen LogP contribution in [-0.2, 0) is 13.0 Å². The molecule has 0 spiro atoms. The first-order valence-corrected chi connectivity index (χ1v) is 7.35. The summed E-state index contributed by atoms with van der Waals surface area (Å²) in [7, 11) is 0. The summed E-state index contributed by atoms with van der Waals surface area (Å²) in [6.45, 7) is 0.820. The molecular formula is C15H16N4O. The first-order valence-electron chi connectivity index (χ1n) is 7.35. The van der Waals surface area contributed by atoms with E-state index in [0.29, 0.717) is 22.5 Å². The Kier molecular flexibility index (Phi) is 2.46. The molecule has 0 radical (unpaired) electrons. The lowest BCUT2D eigenvalue weighted by Crippen LogP contribution is -2.15. The van der Waals surface area contributed by atoms with Crippen LogP contribution in [0.5, 0.6) is 0 Å². The molecule has 4 rings (SSSR count). The predicted molar refractivity (Wildman–Crippen MR) is 74.6 cm³/mol. The van der Waals surface area contributed by atoms with Gasteiger partial charge >= 0.3 is 0 Å². The van der Waals surface area contributed by atoms with Crippen LogP contribution in [0.3, 0.4) is 0 Å². The Morgan fingerprint density at radius 3 is 2.90 bits per heavy atom. The molecule has 20 heavy (non-hydrogen) atoms. The molecule has 2 aromatic heterocycles. The molecule has 0 aromatic carbocycles. The van der Waals surface area contributed by atoms with Crippen molar-refractivity contribution in [2.24, 2.45) is 0 Å². The number of nitrogens with one attached hydrogen (secondary N) is 1. The van der Waals surface area contributed by atoms with Crippen molar-refractivity contribution in [3.63, 3.8) is 0 Å². The number of fused-ring (bicyclic) bond motifs is 3. The van der Waals surface area contributed by atoms with E-state index in [4.69, 9.17) is 0 Å². The van der Waals surface area contributed by atoms with Gasteiger partial charge in [-0.3, -0.25) is 4.79 Å². The first-order chi connectivity index (χ1) is 9.79. The standard InChI is InChI=1S/C15H16N4O/c16-8-10-11-4-2-1-3-7-19(11)13-12(10)17-14(9-5-6-9)18-15(13)20/h9H,1-7H2,(H,17,18,20). The third-order valence-electron chi connectivity index (χ3n) is 4.41. The maximum atomic E-state index is 12.4. The zero-order chi connectivity index (χ0) is 13.7. The van der Waals surface area contributed by atoms with Crippen molar-refractivity contribution in [3.05, 3.63) is 27.4 Å². The van der Waals surface area contributed by atoms with Crippen LogP contribution in [0.4, 0.5) is 0 Å². The summed E-state index contributed by atoms with van der Waals surface area (Å²) in [5, 5.41) is 9.49. The van der Waals surface area contributed by atoms with Crippen molar-refractivity contribution in [2.75, 3.05) is 0 Å². The topological polar surface area (TPSA) is 74.5 Å². The average Bonchev–Trinajstić information content (AvgIpc) is 3.25. The third kappa shape index (κ3) is 1.61. The van der Waals surface area contributed by atoms with E-state index in [1.807, 2.05) is 4.57 Å². The summed E-state index contributed by atoms with van der Waals surface area (Å²) in [4.78, 5) is 19.9. The number of nitrogens with zero attached hydrogens (tertiary/aromatic N) is 3. The van der Waals surface area contributed by atoms with Crippen LogP contribution in [0.25, 0.3) is 11.0 Å². The Hall–Kier alpha value is -2.09. The molecule has 5 heteroatoms. The van der Waals surface area contributed by atoms with Crippen molar-refractivity contribution in [3.8, 4) is 6.07 Å². The summed E-state index contributed by atoms with van der Waals surface area (Å²) in [6, 6.07) is 2.28. The molecule has 1 saturated carbocycles. The van der Waals surface area contributed by atoms with Crippen LogP contribution in [0, 0.1) is 11.3 Å². The van der Waals surface area contributed by atoms with Gasteiger partial charge < -0.3 is 9.55 Å². The van der Waals surface area contributed by atoms with E-state index in [1.165, 1.54) is 0 Å². The van der Waals surface area contributed by atoms with E-state index in [1.54, 1.807) is 0 Å². The van der Waals surface area contributed by atoms with Gasteiger partial charge in [0.05, 0.1) is 5.56 Å². The van der Waals surface area contributed by atoms with E-state index in [9.17, 15) is 10.1 Å². The lowest BCUT2D eigenvalue weighted by molar-refractivity contribution is 0.646. The molecule has 1 N–H and O–H groups in total. The third-order valence-corrected chi connectivity index (χ3v) is 4.41. The van der Waals surface area contributed by atoms with Gasteiger partial charge in [-0.1, -0.05) is 6.42 Å². The van der Waals surface area contributed by atoms with Crippen LogP contribution in [-0.4, -0.2) is 14.5 Å². The summed E-state index contributed by atoms with van der Waals surface area (Å²) in [5.41, 5.74) is 2.76. The highest BCUT2D eigenvalue weighted by atomic mass is 16.1. The minimum atomic E-state index is -0.0819. The maximum absolute atomic E-state index is 12.4. The van der Waals surface area contributed by atoms with Crippen molar-refractivity contribution in [1.82, 2.24) is 14.5 Å². The van der Waals surface area contributed by atoms with Crippen LogP contribution in [0.15, 0.2) is 4.79 Å². The lowest BCUT2D eigenvalue weighted by atomic mass is 10.1. The van der Waals surface area contributed by atoms with E-state index in [2.05, 4.69) is 16.0 Å². The minimum absolute atomic E-state index is 0.0819. The second-order valence-electron chi connectivity index (χ2n) is 5.82. The molecule has 5 nitrogen and oxygen atoms in total.